The van der Waals surface area contributed by atoms with Crippen LogP contribution in [0, 0.1) is 0 Å². The lowest BCUT2D eigenvalue weighted by Crippen LogP contribution is -2.38. The van der Waals surface area contributed by atoms with E-state index in [1.165, 1.54) is 4.70 Å². The molecule has 3 heterocycles. The fourth-order valence-corrected chi connectivity index (χ4v) is 4.04. The van der Waals surface area contributed by atoms with E-state index >= 15 is 0 Å². The SMILES string of the molecule is CCNC(=NCC(O)c1cc2ccccc2s1)NCCc1nc(-c2ccco2)n[nH]1.I. The van der Waals surface area contributed by atoms with E-state index in [4.69, 9.17) is 4.42 Å². The van der Waals surface area contributed by atoms with Crippen molar-refractivity contribution in [1.29, 1.82) is 0 Å². The second-order valence-electron chi connectivity index (χ2n) is 6.68. The van der Waals surface area contributed by atoms with Gasteiger partial charge in [-0.15, -0.1) is 35.3 Å². The maximum absolute atomic E-state index is 10.6. The summed E-state index contributed by atoms with van der Waals surface area (Å²) in [6.07, 6.45) is 1.61. The van der Waals surface area contributed by atoms with E-state index in [9.17, 15) is 5.11 Å². The Hall–Kier alpha value is -2.44. The molecule has 4 rings (SSSR count). The minimum absolute atomic E-state index is 0. The number of rotatable bonds is 8. The molecular formula is C21H25IN6O2S. The maximum atomic E-state index is 10.6. The van der Waals surface area contributed by atoms with E-state index in [-0.39, 0.29) is 30.5 Å². The van der Waals surface area contributed by atoms with Gasteiger partial charge in [-0.3, -0.25) is 10.1 Å². The van der Waals surface area contributed by atoms with Crippen molar-refractivity contribution in [3.8, 4) is 11.6 Å². The fraction of sp³-hybridized carbons (Fsp3) is 0.286. The highest BCUT2D eigenvalue weighted by atomic mass is 127. The van der Waals surface area contributed by atoms with E-state index in [1.54, 1.807) is 23.7 Å². The molecular weight excluding hydrogens is 527 g/mol. The Morgan fingerprint density at radius 2 is 2.13 bits per heavy atom. The van der Waals surface area contributed by atoms with Gasteiger partial charge in [0, 0.05) is 29.1 Å². The number of aromatic amines is 1. The van der Waals surface area contributed by atoms with Crippen molar-refractivity contribution in [3.05, 3.63) is 59.4 Å². The lowest BCUT2D eigenvalue weighted by molar-refractivity contribution is 0.191. The van der Waals surface area contributed by atoms with Crippen LogP contribution in [0.4, 0.5) is 0 Å². The molecule has 0 bridgehead atoms. The number of H-pyrrole nitrogens is 1. The molecule has 1 aromatic carbocycles. The van der Waals surface area contributed by atoms with Crippen molar-refractivity contribution < 1.29 is 9.52 Å². The van der Waals surface area contributed by atoms with Gasteiger partial charge in [0.25, 0.3) is 0 Å². The van der Waals surface area contributed by atoms with Crippen LogP contribution in [0.5, 0.6) is 0 Å². The van der Waals surface area contributed by atoms with Gasteiger partial charge >= 0.3 is 0 Å². The summed E-state index contributed by atoms with van der Waals surface area (Å²) in [6.45, 7) is 3.65. The largest absolute Gasteiger partial charge is 0.461 e. The molecule has 0 spiro atoms. The Morgan fingerprint density at radius 1 is 1.26 bits per heavy atom. The number of benzene rings is 1. The van der Waals surface area contributed by atoms with Crippen molar-refractivity contribution in [2.24, 2.45) is 4.99 Å². The van der Waals surface area contributed by atoms with Crippen molar-refractivity contribution in [2.45, 2.75) is 19.4 Å². The quantitative estimate of drug-likeness (QED) is 0.151. The summed E-state index contributed by atoms with van der Waals surface area (Å²) in [5.74, 6) is 2.59. The number of nitrogens with one attached hydrogen (secondary N) is 3. The molecule has 3 aromatic heterocycles. The lowest BCUT2D eigenvalue weighted by Gasteiger charge is -2.12. The van der Waals surface area contributed by atoms with Crippen molar-refractivity contribution in [2.75, 3.05) is 19.6 Å². The zero-order valence-electron chi connectivity index (χ0n) is 17.0. The van der Waals surface area contributed by atoms with Gasteiger partial charge in [-0.2, -0.15) is 5.10 Å². The molecule has 8 nitrogen and oxygen atoms in total. The van der Waals surface area contributed by atoms with Gasteiger partial charge in [-0.05, 0) is 36.6 Å². The third kappa shape index (κ3) is 6.05. The third-order valence-electron chi connectivity index (χ3n) is 4.47. The standard InChI is InChI=1S/C21H24N6O2S.HI/c1-2-22-21(23-10-9-19-25-20(27-26-19)16-7-5-11-29-16)24-13-15(28)18-12-14-6-3-4-8-17(14)30-18;/h3-8,11-12,15,28H,2,9-10,13H2,1H3,(H2,22,23,24)(H,25,26,27);1H. The van der Waals surface area contributed by atoms with Crippen LogP contribution in [0.1, 0.15) is 23.7 Å². The Morgan fingerprint density at radius 3 is 2.90 bits per heavy atom. The molecule has 10 heteroatoms. The van der Waals surface area contributed by atoms with Crippen molar-refractivity contribution >= 4 is 51.4 Å². The number of aliphatic hydroxyl groups is 1. The van der Waals surface area contributed by atoms with E-state index in [2.05, 4.69) is 42.9 Å². The molecule has 0 saturated carbocycles. The molecule has 1 atom stereocenters. The van der Waals surface area contributed by atoms with E-state index in [0.717, 1.165) is 22.6 Å². The highest BCUT2D eigenvalue weighted by Crippen LogP contribution is 2.29. The Balaban J connectivity index is 0.00000272. The molecule has 0 saturated heterocycles. The fourth-order valence-electron chi connectivity index (χ4n) is 3.00. The molecule has 0 aliphatic rings. The van der Waals surface area contributed by atoms with Crippen LogP contribution in [-0.4, -0.2) is 45.9 Å². The van der Waals surface area contributed by atoms with Gasteiger partial charge in [-0.25, -0.2) is 4.98 Å². The van der Waals surface area contributed by atoms with Crippen LogP contribution < -0.4 is 10.6 Å². The summed E-state index contributed by atoms with van der Waals surface area (Å²) in [4.78, 5) is 9.88. The number of aliphatic hydroxyl groups excluding tert-OH is 1. The number of nitrogens with zero attached hydrogens (tertiary/aromatic N) is 3. The number of halogens is 1. The molecule has 0 radical (unpaired) electrons. The number of guanidine groups is 1. The first-order valence-corrected chi connectivity index (χ1v) is 10.7. The highest BCUT2D eigenvalue weighted by molar-refractivity contribution is 14.0. The minimum atomic E-state index is -0.636. The lowest BCUT2D eigenvalue weighted by atomic mass is 10.2. The summed E-state index contributed by atoms with van der Waals surface area (Å²) in [5, 5.41) is 25.3. The molecule has 0 aliphatic carbocycles. The second kappa shape index (κ2) is 11.3. The molecule has 4 N–H and O–H groups in total. The molecule has 0 aliphatic heterocycles. The zero-order valence-corrected chi connectivity index (χ0v) is 20.2. The van der Waals surface area contributed by atoms with Crippen LogP contribution in [0.25, 0.3) is 21.7 Å². The van der Waals surface area contributed by atoms with Gasteiger partial charge in [-0.1, -0.05) is 18.2 Å². The van der Waals surface area contributed by atoms with Crippen LogP contribution >= 0.6 is 35.3 Å². The number of thiophene rings is 1. The Labute approximate surface area is 201 Å². The summed E-state index contributed by atoms with van der Waals surface area (Å²) in [6, 6.07) is 13.8. The highest BCUT2D eigenvalue weighted by Gasteiger charge is 2.12. The number of hydrogen-bond donors (Lipinski definition) is 4. The van der Waals surface area contributed by atoms with Gasteiger partial charge in [0.15, 0.2) is 11.7 Å². The number of fused-ring (bicyclic) bond motifs is 1. The third-order valence-corrected chi connectivity index (χ3v) is 5.68. The van der Waals surface area contributed by atoms with Crippen molar-refractivity contribution in [1.82, 2.24) is 25.8 Å². The van der Waals surface area contributed by atoms with Crippen molar-refractivity contribution in [3.63, 3.8) is 0 Å². The topological polar surface area (TPSA) is 111 Å². The molecule has 31 heavy (non-hydrogen) atoms. The second-order valence-corrected chi connectivity index (χ2v) is 7.80. The predicted octanol–water partition coefficient (Wildman–Crippen LogP) is 3.73. The van der Waals surface area contributed by atoms with E-state index < -0.39 is 6.10 Å². The normalized spacial score (nSPS) is 12.5. The first-order chi connectivity index (χ1) is 14.7. The van der Waals surface area contributed by atoms with Crippen LogP contribution in [-0.2, 0) is 6.42 Å². The summed E-state index contributed by atoms with van der Waals surface area (Å²) >= 11 is 1.60. The smallest absolute Gasteiger partial charge is 0.216 e. The molecule has 0 amide bonds. The monoisotopic (exact) mass is 552 g/mol. The minimum Gasteiger partial charge on any atom is -0.461 e. The molecule has 4 aromatic rings. The number of aromatic nitrogens is 3. The molecule has 0 fully saturated rings. The number of aliphatic imine (C=N–C) groups is 1. The predicted molar refractivity (Wildman–Crippen MR) is 134 cm³/mol. The van der Waals surface area contributed by atoms with E-state index in [1.807, 2.05) is 31.2 Å². The maximum Gasteiger partial charge on any atom is 0.216 e. The summed E-state index contributed by atoms with van der Waals surface area (Å²) in [7, 11) is 0. The van der Waals surface area contributed by atoms with Gasteiger partial charge in [0.1, 0.15) is 11.9 Å². The van der Waals surface area contributed by atoms with Gasteiger partial charge < -0.3 is 20.2 Å². The average Bonchev–Trinajstić information content (AvgIpc) is 3.51. The molecule has 1 unspecified atom stereocenters. The van der Waals surface area contributed by atoms with Crippen LogP contribution in [0.2, 0.25) is 0 Å². The summed E-state index contributed by atoms with van der Waals surface area (Å²) in [5.41, 5.74) is 0. The zero-order chi connectivity index (χ0) is 20.8. The van der Waals surface area contributed by atoms with E-state index in [0.29, 0.717) is 30.5 Å². The van der Waals surface area contributed by atoms with Gasteiger partial charge in [0.2, 0.25) is 5.82 Å². The Kier molecular flexibility index (Phi) is 8.43. The number of furan rings is 1. The molecule has 164 valence electrons. The van der Waals surface area contributed by atoms with Crippen LogP contribution in [0.15, 0.2) is 58.1 Å². The Bertz CT molecular complexity index is 1080. The first kappa shape index (κ1) is 23.2. The number of hydrogen-bond acceptors (Lipinski definition) is 6. The summed E-state index contributed by atoms with van der Waals surface area (Å²) < 4.78 is 6.47. The first-order valence-electron chi connectivity index (χ1n) is 9.87. The van der Waals surface area contributed by atoms with Crippen LogP contribution in [0.3, 0.4) is 0 Å². The van der Waals surface area contributed by atoms with Gasteiger partial charge in [0.05, 0.1) is 12.8 Å². The average molecular weight is 552 g/mol.